The van der Waals surface area contributed by atoms with Crippen molar-refractivity contribution in [3.05, 3.63) is 22.0 Å². The van der Waals surface area contributed by atoms with Gasteiger partial charge in [0.2, 0.25) is 0 Å². The number of nitrogens with zero attached hydrogens (tertiary/aromatic N) is 1. The third-order valence-corrected chi connectivity index (χ3v) is 2.41. The molecule has 0 unspecified atom stereocenters. The third-order valence-electron chi connectivity index (χ3n) is 2.41. The topological polar surface area (TPSA) is 80.3 Å². The fourth-order valence-electron chi connectivity index (χ4n) is 1.51. The zero-order chi connectivity index (χ0) is 12.5. The predicted molar refractivity (Wildman–Crippen MR) is 60.3 cm³/mol. The highest BCUT2D eigenvalue weighted by Gasteiger charge is 2.25. The van der Waals surface area contributed by atoms with Crippen LogP contribution in [0.15, 0.2) is 10.9 Å². The van der Waals surface area contributed by atoms with Crippen molar-refractivity contribution in [1.29, 1.82) is 0 Å². The molecular formula is C10H16FN3O2. The third kappa shape index (κ3) is 2.01. The number of rotatable bonds is 3. The maximum atomic E-state index is 13.8. The molecule has 0 saturated carbocycles. The summed E-state index contributed by atoms with van der Waals surface area (Å²) < 4.78 is 15.0. The summed E-state index contributed by atoms with van der Waals surface area (Å²) in [5, 5.41) is 8.85. The Kier molecular flexibility index (Phi) is 3.23. The van der Waals surface area contributed by atoms with Gasteiger partial charge in [0.05, 0.1) is 5.56 Å². The van der Waals surface area contributed by atoms with E-state index in [9.17, 15) is 9.18 Å². The van der Waals surface area contributed by atoms with E-state index in [-0.39, 0.29) is 17.1 Å². The van der Waals surface area contributed by atoms with Crippen LogP contribution >= 0.6 is 0 Å². The Labute approximate surface area is 92.7 Å². The summed E-state index contributed by atoms with van der Waals surface area (Å²) in [6.07, 6.45) is 0. The minimum absolute atomic E-state index is 0.0416. The number of aromatic nitrogens is 1. The van der Waals surface area contributed by atoms with Gasteiger partial charge in [-0.05, 0) is 26.8 Å². The lowest BCUT2D eigenvalue weighted by Gasteiger charge is -2.19. The molecular weight excluding hydrogens is 213 g/mol. The molecule has 4 N–H and O–H groups in total. The van der Waals surface area contributed by atoms with E-state index in [2.05, 4.69) is 0 Å². The highest BCUT2D eigenvalue weighted by atomic mass is 19.1. The van der Waals surface area contributed by atoms with Gasteiger partial charge in [0.15, 0.2) is 0 Å². The van der Waals surface area contributed by atoms with Gasteiger partial charge in [-0.3, -0.25) is 20.0 Å². The number of nitrogens with two attached hydrogens (primary N) is 1. The summed E-state index contributed by atoms with van der Waals surface area (Å²) in [5.74, 6) is 0.0861. The van der Waals surface area contributed by atoms with Crippen LogP contribution in [0.5, 0.6) is 0 Å². The van der Waals surface area contributed by atoms with E-state index in [1.165, 1.54) is 24.5 Å². The fraction of sp³-hybridized carbons (Fsp3) is 0.500. The molecule has 0 atom stereocenters. The molecule has 6 heteroatoms. The van der Waals surface area contributed by atoms with Crippen molar-refractivity contribution >= 4 is 11.5 Å². The molecule has 0 spiro atoms. The smallest absolute Gasteiger partial charge is 0.258 e. The number of nitrogens with one attached hydrogen (secondary N) is 1. The molecule has 1 heterocycles. The van der Waals surface area contributed by atoms with Crippen LogP contribution in [0.3, 0.4) is 0 Å². The standard InChI is InChI=1S/C10H16FN3O2/c1-4-14-8(12)7(13-16)5-6(9(14)15)10(2,3)11/h5,13,16H,4,12H2,1-3H3. The second-order valence-electron chi connectivity index (χ2n) is 3.99. The molecule has 5 nitrogen and oxygen atoms in total. The Morgan fingerprint density at radius 3 is 2.56 bits per heavy atom. The minimum atomic E-state index is -1.78. The van der Waals surface area contributed by atoms with Crippen molar-refractivity contribution in [1.82, 2.24) is 4.57 Å². The SMILES string of the molecule is CCn1c(N)c(NO)cc(C(C)(C)F)c1=O. The highest BCUT2D eigenvalue weighted by Crippen LogP contribution is 2.26. The Hall–Kier alpha value is -1.56. The van der Waals surface area contributed by atoms with Gasteiger partial charge < -0.3 is 5.73 Å². The summed E-state index contributed by atoms with van der Waals surface area (Å²) in [7, 11) is 0. The monoisotopic (exact) mass is 229 g/mol. The van der Waals surface area contributed by atoms with Crippen LogP contribution < -0.4 is 16.8 Å². The van der Waals surface area contributed by atoms with E-state index in [0.717, 1.165) is 0 Å². The molecule has 0 aromatic carbocycles. The fourth-order valence-corrected chi connectivity index (χ4v) is 1.51. The first-order valence-electron chi connectivity index (χ1n) is 4.95. The number of nitrogen functional groups attached to an aromatic ring is 1. The largest absolute Gasteiger partial charge is 0.383 e. The van der Waals surface area contributed by atoms with Gasteiger partial charge in [-0.15, -0.1) is 0 Å². The zero-order valence-electron chi connectivity index (χ0n) is 9.54. The normalized spacial score (nSPS) is 11.6. The summed E-state index contributed by atoms with van der Waals surface area (Å²) in [5.41, 5.74) is 5.31. The van der Waals surface area contributed by atoms with Gasteiger partial charge in [-0.1, -0.05) is 0 Å². The van der Waals surface area contributed by atoms with Crippen LogP contribution in [-0.4, -0.2) is 9.77 Å². The van der Waals surface area contributed by atoms with Gasteiger partial charge in [-0.25, -0.2) is 4.39 Å². The molecule has 1 aromatic heterocycles. The maximum absolute atomic E-state index is 13.8. The number of anilines is 2. The van der Waals surface area contributed by atoms with Gasteiger partial charge in [0.25, 0.3) is 5.56 Å². The average molecular weight is 229 g/mol. The van der Waals surface area contributed by atoms with Crippen molar-refractivity contribution in [3.8, 4) is 0 Å². The van der Waals surface area contributed by atoms with E-state index >= 15 is 0 Å². The first kappa shape index (κ1) is 12.5. The van der Waals surface area contributed by atoms with Crippen LogP contribution in [-0.2, 0) is 12.2 Å². The second kappa shape index (κ2) is 4.13. The van der Waals surface area contributed by atoms with Crippen LogP contribution in [0.2, 0.25) is 0 Å². The molecule has 0 saturated heterocycles. The van der Waals surface area contributed by atoms with E-state index < -0.39 is 11.2 Å². The van der Waals surface area contributed by atoms with E-state index in [1.807, 2.05) is 5.48 Å². The molecule has 0 aliphatic rings. The lowest BCUT2D eigenvalue weighted by Crippen LogP contribution is -2.31. The Balaban J connectivity index is 3.60. The van der Waals surface area contributed by atoms with Crippen molar-refractivity contribution in [2.24, 2.45) is 0 Å². The van der Waals surface area contributed by atoms with Gasteiger partial charge in [-0.2, -0.15) is 0 Å². The van der Waals surface area contributed by atoms with Gasteiger partial charge in [0, 0.05) is 6.54 Å². The molecule has 0 fully saturated rings. The van der Waals surface area contributed by atoms with E-state index in [0.29, 0.717) is 6.54 Å². The number of hydrogen-bond acceptors (Lipinski definition) is 4. The molecule has 0 bridgehead atoms. The lowest BCUT2D eigenvalue weighted by atomic mass is 10.0. The van der Waals surface area contributed by atoms with Crippen molar-refractivity contribution in [2.75, 3.05) is 11.2 Å². The number of hydrogen-bond donors (Lipinski definition) is 3. The summed E-state index contributed by atoms with van der Waals surface area (Å²) in [6, 6.07) is 1.23. The summed E-state index contributed by atoms with van der Waals surface area (Å²) in [4.78, 5) is 11.9. The zero-order valence-corrected chi connectivity index (χ0v) is 9.54. The van der Waals surface area contributed by atoms with Gasteiger partial charge in [0.1, 0.15) is 17.2 Å². The lowest BCUT2D eigenvalue weighted by molar-refractivity contribution is 0.218. The van der Waals surface area contributed by atoms with Crippen LogP contribution in [0, 0.1) is 0 Å². The van der Waals surface area contributed by atoms with E-state index in [4.69, 9.17) is 10.9 Å². The molecule has 0 aliphatic heterocycles. The maximum Gasteiger partial charge on any atom is 0.258 e. The molecule has 0 radical (unpaired) electrons. The Morgan fingerprint density at radius 2 is 2.19 bits per heavy atom. The first-order valence-corrected chi connectivity index (χ1v) is 4.95. The summed E-state index contributed by atoms with van der Waals surface area (Å²) in [6.45, 7) is 4.58. The molecule has 0 amide bonds. The Bertz CT molecular complexity index is 449. The van der Waals surface area contributed by atoms with E-state index in [1.54, 1.807) is 6.92 Å². The van der Waals surface area contributed by atoms with Gasteiger partial charge >= 0.3 is 0 Å². The average Bonchev–Trinajstić information content (AvgIpc) is 2.17. The molecule has 90 valence electrons. The number of alkyl halides is 1. The number of halogens is 1. The summed E-state index contributed by atoms with van der Waals surface area (Å²) >= 11 is 0. The molecule has 1 aromatic rings. The van der Waals surface area contributed by atoms with Crippen LogP contribution in [0.25, 0.3) is 0 Å². The molecule has 1 rings (SSSR count). The quantitative estimate of drug-likeness (QED) is 0.685. The van der Waals surface area contributed by atoms with Crippen molar-refractivity contribution in [2.45, 2.75) is 33.0 Å². The second-order valence-corrected chi connectivity index (χ2v) is 3.99. The Morgan fingerprint density at radius 1 is 1.62 bits per heavy atom. The number of pyridine rings is 1. The molecule has 16 heavy (non-hydrogen) atoms. The minimum Gasteiger partial charge on any atom is -0.383 e. The van der Waals surface area contributed by atoms with Crippen molar-refractivity contribution < 1.29 is 9.60 Å². The van der Waals surface area contributed by atoms with Crippen LogP contribution in [0.4, 0.5) is 15.9 Å². The predicted octanol–water partition coefficient (Wildman–Crippen LogP) is 1.46. The van der Waals surface area contributed by atoms with Crippen LogP contribution in [0.1, 0.15) is 26.3 Å². The highest BCUT2D eigenvalue weighted by molar-refractivity contribution is 5.62. The first-order chi connectivity index (χ1) is 7.32. The van der Waals surface area contributed by atoms with Crippen molar-refractivity contribution in [3.63, 3.8) is 0 Å². The molecule has 0 aliphatic carbocycles.